The van der Waals surface area contributed by atoms with E-state index in [1.807, 2.05) is 55.2 Å². The Labute approximate surface area is 197 Å². The van der Waals surface area contributed by atoms with Crippen LogP contribution in [0.25, 0.3) is 10.8 Å². The molecule has 2 aromatic heterocycles. The lowest BCUT2D eigenvalue weighted by molar-refractivity contribution is 0.102. The number of benzene rings is 2. The molecule has 170 valence electrons. The summed E-state index contributed by atoms with van der Waals surface area (Å²) in [5.41, 5.74) is 3.17. The summed E-state index contributed by atoms with van der Waals surface area (Å²) in [4.78, 5) is 17.5. The van der Waals surface area contributed by atoms with E-state index in [1.165, 1.54) is 0 Å². The van der Waals surface area contributed by atoms with Crippen molar-refractivity contribution in [3.8, 4) is 11.5 Å². The van der Waals surface area contributed by atoms with Crippen LogP contribution in [0.15, 0.2) is 48.8 Å². The largest absolute Gasteiger partial charge is 0.493 e. The van der Waals surface area contributed by atoms with E-state index in [1.54, 1.807) is 26.4 Å². The van der Waals surface area contributed by atoms with Gasteiger partial charge in [0.15, 0.2) is 11.5 Å². The summed E-state index contributed by atoms with van der Waals surface area (Å²) >= 11 is 6.40. The van der Waals surface area contributed by atoms with Crippen LogP contribution >= 0.6 is 11.6 Å². The van der Waals surface area contributed by atoms with Gasteiger partial charge >= 0.3 is 0 Å². The van der Waals surface area contributed by atoms with E-state index in [9.17, 15) is 4.79 Å². The zero-order valence-corrected chi connectivity index (χ0v) is 19.7. The number of anilines is 1. The molecule has 0 aliphatic heterocycles. The van der Waals surface area contributed by atoms with Crippen molar-refractivity contribution < 1.29 is 14.3 Å². The van der Waals surface area contributed by atoms with Crippen LogP contribution < -0.4 is 14.8 Å². The minimum Gasteiger partial charge on any atom is -0.493 e. The van der Waals surface area contributed by atoms with Crippen molar-refractivity contribution in [1.29, 1.82) is 0 Å². The molecule has 0 bridgehead atoms. The highest BCUT2D eigenvalue weighted by molar-refractivity contribution is 6.31. The standard InChI is InChI=1S/C25H25ClN4O3/c1-5-30-14-16(13-27-30)8-19-9-17(6-7-21(19)26)25(31)29-24-11-18-10-22(32-3)23(33-4)12-20(18)15(2)28-24/h6-7,9-14H,5,8H2,1-4H3,(H,28,29,31). The first-order valence-corrected chi connectivity index (χ1v) is 10.9. The molecule has 33 heavy (non-hydrogen) atoms. The Morgan fingerprint density at radius 2 is 1.88 bits per heavy atom. The number of hydrogen-bond acceptors (Lipinski definition) is 5. The predicted molar refractivity (Wildman–Crippen MR) is 130 cm³/mol. The molecule has 0 unspecified atom stereocenters. The number of aromatic nitrogens is 3. The number of amides is 1. The number of methoxy groups -OCH3 is 2. The highest BCUT2D eigenvalue weighted by Gasteiger charge is 2.14. The summed E-state index contributed by atoms with van der Waals surface area (Å²) < 4.78 is 12.6. The lowest BCUT2D eigenvalue weighted by Gasteiger charge is -2.13. The molecule has 0 atom stereocenters. The fraction of sp³-hybridized carbons (Fsp3) is 0.240. The number of carbonyl (C=O) groups excluding carboxylic acids is 1. The molecule has 1 amide bonds. The normalized spacial score (nSPS) is 10.9. The smallest absolute Gasteiger partial charge is 0.256 e. The average molecular weight is 465 g/mol. The second-order valence-corrected chi connectivity index (χ2v) is 8.07. The topological polar surface area (TPSA) is 78.3 Å². The molecule has 1 N–H and O–H groups in total. The minimum absolute atomic E-state index is 0.260. The zero-order chi connectivity index (χ0) is 23.5. The number of rotatable bonds is 7. The van der Waals surface area contributed by atoms with Crippen molar-refractivity contribution in [2.45, 2.75) is 26.8 Å². The van der Waals surface area contributed by atoms with Crippen molar-refractivity contribution in [1.82, 2.24) is 14.8 Å². The van der Waals surface area contributed by atoms with Crippen molar-refractivity contribution in [3.05, 3.63) is 76.2 Å². The van der Waals surface area contributed by atoms with E-state index in [-0.39, 0.29) is 5.91 Å². The van der Waals surface area contributed by atoms with E-state index in [2.05, 4.69) is 15.4 Å². The molecule has 4 aromatic rings. The fourth-order valence-corrected chi connectivity index (χ4v) is 3.93. The molecule has 2 aromatic carbocycles. The molecule has 0 saturated heterocycles. The number of nitrogens with one attached hydrogen (secondary N) is 1. The summed E-state index contributed by atoms with van der Waals surface area (Å²) in [5, 5.41) is 9.62. The predicted octanol–water partition coefficient (Wildman–Crippen LogP) is 5.27. The molecule has 8 heteroatoms. The Hall–Kier alpha value is -3.58. The fourth-order valence-electron chi connectivity index (χ4n) is 3.74. The third-order valence-corrected chi connectivity index (χ3v) is 5.85. The van der Waals surface area contributed by atoms with E-state index < -0.39 is 0 Å². The van der Waals surface area contributed by atoms with Crippen LogP contribution in [0.3, 0.4) is 0 Å². The number of fused-ring (bicyclic) bond motifs is 1. The molecule has 7 nitrogen and oxygen atoms in total. The molecule has 0 radical (unpaired) electrons. The van der Waals surface area contributed by atoms with Crippen LogP contribution in [0.2, 0.25) is 5.02 Å². The number of hydrogen-bond donors (Lipinski definition) is 1. The van der Waals surface area contributed by atoms with Crippen molar-refractivity contribution >= 4 is 34.1 Å². The van der Waals surface area contributed by atoms with Gasteiger partial charge < -0.3 is 14.8 Å². The average Bonchev–Trinajstić information content (AvgIpc) is 3.27. The third-order valence-electron chi connectivity index (χ3n) is 5.48. The number of aryl methyl sites for hydroxylation is 2. The number of halogens is 1. The molecular weight excluding hydrogens is 440 g/mol. The van der Waals surface area contributed by atoms with Crippen LogP contribution in [0.4, 0.5) is 5.82 Å². The summed E-state index contributed by atoms with van der Waals surface area (Å²) in [6, 6.07) is 10.8. The van der Waals surface area contributed by atoms with Crippen molar-refractivity contribution in [2.24, 2.45) is 0 Å². The van der Waals surface area contributed by atoms with Crippen LogP contribution in [0.5, 0.6) is 11.5 Å². The Morgan fingerprint density at radius 1 is 1.12 bits per heavy atom. The molecule has 2 heterocycles. The first kappa shape index (κ1) is 22.6. The van der Waals surface area contributed by atoms with Crippen molar-refractivity contribution in [2.75, 3.05) is 19.5 Å². The molecule has 0 fully saturated rings. The lowest BCUT2D eigenvalue weighted by atomic mass is 10.0. The van der Waals surface area contributed by atoms with Gasteiger partial charge in [0.1, 0.15) is 5.82 Å². The van der Waals surface area contributed by atoms with Gasteiger partial charge in [-0.2, -0.15) is 5.10 Å². The van der Waals surface area contributed by atoms with E-state index in [0.717, 1.165) is 34.1 Å². The summed E-state index contributed by atoms with van der Waals surface area (Å²) in [6.07, 6.45) is 4.39. The highest BCUT2D eigenvalue weighted by atomic mass is 35.5. The maximum Gasteiger partial charge on any atom is 0.256 e. The van der Waals surface area contributed by atoms with Gasteiger partial charge in [-0.05, 0) is 66.8 Å². The lowest BCUT2D eigenvalue weighted by Crippen LogP contribution is -2.14. The van der Waals surface area contributed by atoms with Gasteiger partial charge in [0.25, 0.3) is 5.91 Å². The van der Waals surface area contributed by atoms with Crippen LogP contribution in [0, 0.1) is 6.92 Å². The molecule has 0 saturated carbocycles. The van der Waals surface area contributed by atoms with Gasteiger partial charge in [-0.25, -0.2) is 4.98 Å². The Kier molecular flexibility index (Phi) is 6.51. The monoisotopic (exact) mass is 464 g/mol. The van der Waals surface area contributed by atoms with Gasteiger partial charge in [0, 0.05) is 40.8 Å². The molecule has 4 rings (SSSR count). The summed E-state index contributed by atoms with van der Waals surface area (Å²) in [6.45, 7) is 4.72. The molecule has 0 spiro atoms. The van der Waals surface area contributed by atoms with Gasteiger partial charge in [-0.1, -0.05) is 11.6 Å². The first-order valence-electron chi connectivity index (χ1n) is 10.6. The zero-order valence-electron chi connectivity index (χ0n) is 19.0. The Balaban J connectivity index is 1.60. The highest BCUT2D eigenvalue weighted by Crippen LogP contribution is 2.34. The van der Waals surface area contributed by atoms with Crippen molar-refractivity contribution in [3.63, 3.8) is 0 Å². The second kappa shape index (κ2) is 9.50. The second-order valence-electron chi connectivity index (χ2n) is 7.66. The van der Waals surface area contributed by atoms with Crippen LogP contribution in [0.1, 0.15) is 34.1 Å². The Bertz CT molecular complexity index is 1330. The number of pyridine rings is 1. The quantitative estimate of drug-likeness (QED) is 0.403. The first-order chi connectivity index (χ1) is 15.9. The van der Waals surface area contributed by atoms with Crippen LogP contribution in [-0.4, -0.2) is 34.9 Å². The molecular formula is C25H25ClN4O3. The Morgan fingerprint density at radius 3 is 2.58 bits per heavy atom. The maximum absolute atomic E-state index is 13.0. The van der Waals surface area contributed by atoms with E-state index >= 15 is 0 Å². The van der Waals surface area contributed by atoms with Gasteiger partial charge in [0.2, 0.25) is 0 Å². The number of ether oxygens (including phenoxy) is 2. The maximum atomic E-state index is 13.0. The summed E-state index contributed by atoms with van der Waals surface area (Å²) in [5.74, 6) is 1.44. The van der Waals surface area contributed by atoms with Gasteiger partial charge in [-0.15, -0.1) is 0 Å². The van der Waals surface area contributed by atoms with Gasteiger partial charge in [0.05, 0.1) is 20.4 Å². The number of carbonyl (C=O) groups is 1. The summed E-state index contributed by atoms with van der Waals surface area (Å²) in [7, 11) is 3.18. The van der Waals surface area contributed by atoms with E-state index in [0.29, 0.717) is 34.3 Å². The molecule has 0 aliphatic carbocycles. The number of nitrogens with zero attached hydrogens (tertiary/aromatic N) is 3. The molecule has 0 aliphatic rings. The van der Waals surface area contributed by atoms with Gasteiger partial charge in [-0.3, -0.25) is 9.48 Å². The third kappa shape index (κ3) is 4.78. The van der Waals surface area contributed by atoms with E-state index in [4.69, 9.17) is 21.1 Å². The minimum atomic E-state index is -0.260. The van der Waals surface area contributed by atoms with Crippen LogP contribution in [-0.2, 0) is 13.0 Å². The SMILES string of the molecule is CCn1cc(Cc2cc(C(=O)Nc3cc4cc(OC)c(OC)cc4c(C)n3)ccc2Cl)cn1.